The van der Waals surface area contributed by atoms with E-state index in [1.165, 1.54) is 30.3 Å². The van der Waals surface area contributed by atoms with Crippen LogP contribution < -0.4 is 10.1 Å². The predicted molar refractivity (Wildman–Crippen MR) is 125 cm³/mol. The summed E-state index contributed by atoms with van der Waals surface area (Å²) in [6.45, 7) is 3.20. The van der Waals surface area contributed by atoms with Crippen LogP contribution in [0.3, 0.4) is 0 Å². The number of carboxylic acid groups (broad SMARTS) is 1. The van der Waals surface area contributed by atoms with Crippen molar-refractivity contribution in [3.05, 3.63) is 64.8 Å². The van der Waals surface area contributed by atoms with Crippen LogP contribution in [0.15, 0.2) is 52.1 Å². The molecule has 2 aromatic rings. The highest BCUT2D eigenvalue weighted by molar-refractivity contribution is 8.00. The molecule has 2 aliphatic heterocycles. The van der Waals surface area contributed by atoms with E-state index in [0.717, 1.165) is 11.3 Å². The van der Waals surface area contributed by atoms with Gasteiger partial charge in [-0.2, -0.15) is 0 Å². The third-order valence-electron chi connectivity index (χ3n) is 5.58. The highest BCUT2D eigenvalue weighted by atomic mass is 32.2. The summed E-state index contributed by atoms with van der Waals surface area (Å²) in [6.07, 6.45) is 0.931. The van der Waals surface area contributed by atoms with Crippen molar-refractivity contribution in [2.45, 2.75) is 38.3 Å². The Labute approximate surface area is 205 Å². The average Bonchev–Trinajstić information content (AvgIpc) is 3.33. The third-order valence-corrected chi connectivity index (χ3v) is 6.92. The number of β-lactam (4-membered cyclic amide) rings is 1. The number of nitrogens with zero attached hydrogens (tertiary/aromatic N) is 1. The Morgan fingerprint density at radius 2 is 1.91 bits per heavy atom. The van der Waals surface area contributed by atoms with Crippen molar-refractivity contribution in [2.75, 3.05) is 12.4 Å². The molecule has 2 N–H and O–H groups in total. The first kappa shape index (κ1) is 24.4. The Bertz CT molecular complexity index is 1190. The molecule has 1 aromatic heterocycles. The summed E-state index contributed by atoms with van der Waals surface area (Å²) >= 11 is 1.28. The summed E-state index contributed by atoms with van der Waals surface area (Å²) in [4.78, 5) is 49.4. The summed E-state index contributed by atoms with van der Waals surface area (Å²) < 4.78 is 16.2. The van der Waals surface area contributed by atoms with E-state index in [1.807, 2.05) is 24.3 Å². The van der Waals surface area contributed by atoms with Crippen LogP contribution in [0.25, 0.3) is 0 Å². The second kappa shape index (κ2) is 10.3. The van der Waals surface area contributed by atoms with Gasteiger partial charge >= 0.3 is 11.9 Å². The van der Waals surface area contributed by atoms with Gasteiger partial charge in [-0.05, 0) is 36.2 Å². The lowest BCUT2D eigenvalue weighted by Crippen LogP contribution is -2.70. The minimum absolute atomic E-state index is 0.0153. The van der Waals surface area contributed by atoms with Crippen LogP contribution in [0.2, 0.25) is 0 Å². The number of hydrogen-bond donors (Lipinski definition) is 2. The molecule has 0 unspecified atom stereocenters. The number of rotatable bonds is 9. The number of esters is 1. The third kappa shape index (κ3) is 5.19. The summed E-state index contributed by atoms with van der Waals surface area (Å²) in [5.74, 6) is -1.61. The fraction of sp³-hybridized carbons (Fsp3) is 0.333. The molecule has 1 aromatic carbocycles. The van der Waals surface area contributed by atoms with Gasteiger partial charge in [-0.3, -0.25) is 19.3 Å². The molecule has 11 heteroatoms. The van der Waals surface area contributed by atoms with E-state index < -0.39 is 35.2 Å². The van der Waals surface area contributed by atoms with Crippen LogP contribution in [0.5, 0.6) is 5.75 Å². The van der Waals surface area contributed by atoms with Crippen molar-refractivity contribution >= 4 is 35.5 Å². The first-order chi connectivity index (χ1) is 16.8. The van der Waals surface area contributed by atoms with Crippen molar-refractivity contribution in [1.82, 2.24) is 10.2 Å². The number of fused-ring (bicyclic) bond motifs is 1. The number of aliphatic carboxylic acids is 1. The minimum Gasteiger partial charge on any atom is -0.486 e. The van der Waals surface area contributed by atoms with Gasteiger partial charge in [-0.15, -0.1) is 11.8 Å². The second-order valence-corrected chi connectivity index (χ2v) is 9.06. The molecule has 2 atom stereocenters. The van der Waals surface area contributed by atoms with Gasteiger partial charge in [-0.25, -0.2) is 4.79 Å². The number of aryl methyl sites for hydroxylation is 1. The fourth-order valence-electron chi connectivity index (χ4n) is 3.75. The number of furan rings is 1. The molecule has 0 bridgehead atoms. The Morgan fingerprint density at radius 3 is 2.57 bits per heavy atom. The molecule has 0 radical (unpaired) electrons. The van der Waals surface area contributed by atoms with Crippen LogP contribution >= 0.6 is 11.8 Å². The smallest absolute Gasteiger partial charge is 0.352 e. The number of carbonyl (C=O) groups is 4. The van der Waals surface area contributed by atoms with Gasteiger partial charge < -0.3 is 24.3 Å². The monoisotopic (exact) mass is 500 g/mol. The Hall–Kier alpha value is -3.73. The van der Waals surface area contributed by atoms with Gasteiger partial charge in [0.2, 0.25) is 0 Å². The first-order valence-electron chi connectivity index (χ1n) is 10.9. The molecular weight excluding hydrogens is 476 g/mol. The number of carbonyl (C=O) groups excluding carboxylic acids is 3. The maximum atomic E-state index is 12.7. The molecule has 0 aliphatic carbocycles. The van der Waals surface area contributed by atoms with Crippen LogP contribution in [0.4, 0.5) is 0 Å². The summed E-state index contributed by atoms with van der Waals surface area (Å²) in [6, 6.07) is 9.88. The van der Waals surface area contributed by atoms with Crippen molar-refractivity contribution in [1.29, 1.82) is 0 Å². The summed E-state index contributed by atoms with van der Waals surface area (Å²) in [7, 11) is 0. The topological polar surface area (TPSA) is 135 Å². The van der Waals surface area contributed by atoms with Crippen LogP contribution in [-0.2, 0) is 32.1 Å². The van der Waals surface area contributed by atoms with Crippen molar-refractivity contribution < 1.29 is 38.2 Å². The number of hydrogen-bond acceptors (Lipinski definition) is 8. The quantitative estimate of drug-likeness (QED) is 0.393. The lowest BCUT2D eigenvalue weighted by molar-refractivity contribution is -0.149. The SMILES string of the molecule is CCc1ccc(OCc2ccc(C(=O)N[C@H]3C(=O)N4C(C(=O)O)=C(COC(C)=O)CS[C@H]34)o2)cc1. The zero-order valence-corrected chi connectivity index (χ0v) is 19.9. The van der Waals surface area contributed by atoms with Gasteiger partial charge in [0.15, 0.2) is 5.76 Å². The molecule has 3 heterocycles. The van der Waals surface area contributed by atoms with Crippen LogP contribution in [-0.4, -0.2) is 57.5 Å². The van der Waals surface area contributed by atoms with Gasteiger partial charge in [0.25, 0.3) is 11.8 Å². The van der Waals surface area contributed by atoms with Gasteiger partial charge in [0, 0.05) is 18.2 Å². The van der Waals surface area contributed by atoms with E-state index in [4.69, 9.17) is 13.9 Å². The maximum absolute atomic E-state index is 12.7. The van der Waals surface area contributed by atoms with Gasteiger partial charge in [0.05, 0.1) is 0 Å². The number of ether oxygens (including phenoxy) is 2. The molecule has 0 saturated carbocycles. The van der Waals surface area contributed by atoms with Crippen molar-refractivity contribution in [3.63, 3.8) is 0 Å². The average molecular weight is 501 g/mol. The van der Waals surface area contributed by atoms with Crippen LogP contribution in [0.1, 0.15) is 35.7 Å². The standard InChI is InChI=1S/C24H24N2O8S/c1-3-14-4-6-16(7-5-14)33-11-17-8-9-18(34-17)21(28)25-19-22(29)26-20(24(30)31)15(10-32-13(2)27)12-35-23(19)26/h4-9,19,23H,3,10-12H2,1-2H3,(H,25,28)(H,30,31)/t19-,23+/m0/s1. The Morgan fingerprint density at radius 1 is 1.17 bits per heavy atom. The molecule has 1 saturated heterocycles. The van der Waals surface area contributed by atoms with Crippen molar-refractivity contribution in [2.24, 2.45) is 0 Å². The molecule has 0 spiro atoms. The van der Waals surface area contributed by atoms with E-state index >= 15 is 0 Å². The second-order valence-electron chi connectivity index (χ2n) is 7.95. The Kier molecular flexibility index (Phi) is 7.15. The first-order valence-corrected chi connectivity index (χ1v) is 12.0. The number of nitrogens with one attached hydrogen (secondary N) is 1. The number of thioether (sulfide) groups is 1. The largest absolute Gasteiger partial charge is 0.486 e. The summed E-state index contributed by atoms with van der Waals surface area (Å²) in [5.41, 5.74) is 1.31. The molecular formula is C24H24N2O8S. The fourth-order valence-corrected chi connectivity index (χ4v) is 5.08. The number of carboxylic acids is 1. The van der Waals surface area contributed by atoms with Gasteiger partial charge in [-0.1, -0.05) is 19.1 Å². The lowest BCUT2D eigenvalue weighted by atomic mass is 10.0. The van der Waals surface area contributed by atoms with Crippen LogP contribution in [0, 0.1) is 0 Å². The maximum Gasteiger partial charge on any atom is 0.352 e. The molecule has 35 heavy (non-hydrogen) atoms. The van der Waals surface area contributed by atoms with Crippen molar-refractivity contribution in [3.8, 4) is 5.75 Å². The number of amides is 2. The molecule has 1 fully saturated rings. The van der Waals surface area contributed by atoms with Gasteiger partial charge in [0.1, 0.15) is 41.8 Å². The lowest BCUT2D eigenvalue weighted by Gasteiger charge is -2.49. The van der Waals surface area contributed by atoms with E-state index in [2.05, 4.69) is 12.2 Å². The number of benzene rings is 1. The van der Waals surface area contributed by atoms with E-state index in [0.29, 0.717) is 17.1 Å². The molecule has 2 aliphatic rings. The zero-order valence-electron chi connectivity index (χ0n) is 19.1. The highest BCUT2D eigenvalue weighted by Crippen LogP contribution is 2.40. The van der Waals surface area contributed by atoms with E-state index in [9.17, 15) is 24.3 Å². The normalized spacial score (nSPS) is 19.0. The highest BCUT2D eigenvalue weighted by Gasteiger charge is 2.54. The predicted octanol–water partition coefficient (Wildman–Crippen LogP) is 2.34. The zero-order chi connectivity index (χ0) is 25.1. The Balaban J connectivity index is 1.36. The molecule has 2 amide bonds. The molecule has 10 nitrogen and oxygen atoms in total. The van der Waals surface area contributed by atoms with E-state index in [1.54, 1.807) is 6.07 Å². The minimum atomic E-state index is -1.30. The summed E-state index contributed by atoms with van der Waals surface area (Å²) in [5, 5.41) is 11.6. The molecule has 4 rings (SSSR count). The van der Waals surface area contributed by atoms with E-state index in [-0.39, 0.29) is 30.4 Å². The molecule has 184 valence electrons.